The molecule has 0 amide bonds. The van der Waals surface area contributed by atoms with E-state index in [1.165, 1.54) is 0 Å². The fourth-order valence-corrected chi connectivity index (χ4v) is 4.47. The molecule has 3 aliphatic rings. The Labute approximate surface area is 170 Å². The Hall–Kier alpha value is -1.44. The summed E-state index contributed by atoms with van der Waals surface area (Å²) in [5.41, 5.74) is 1.94. The molecule has 2 heterocycles. The summed E-state index contributed by atoms with van der Waals surface area (Å²) in [5.74, 6) is -2.22. The third-order valence-electron chi connectivity index (χ3n) is 6.10. The van der Waals surface area contributed by atoms with Crippen molar-refractivity contribution in [1.82, 2.24) is 4.90 Å². The van der Waals surface area contributed by atoms with Crippen LogP contribution in [0.15, 0.2) is 12.1 Å². The zero-order chi connectivity index (χ0) is 21.0. The van der Waals surface area contributed by atoms with Gasteiger partial charge in [-0.05, 0) is 56.9 Å². The molecule has 1 aromatic rings. The van der Waals surface area contributed by atoms with Gasteiger partial charge in [-0.3, -0.25) is 4.90 Å². The topological polar surface area (TPSA) is 51.2 Å². The van der Waals surface area contributed by atoms with Crippen molar-refractivity contribution in [1.29, 1.82) is 0 Å². The SMILES string of the molecule is COc1cc2c(cc1OC[C@@H]1CC1(F)F)CCN1CC(OC(C)(C)C)C(O)CC21. The van der Waals surface area contributed by atoms with Crippen molar-refractivity contribution in [3.63, 3.8) is 0 Å². The minimum atomic E-state index is -2.59. The predicted molar refractivity (Wildman–Crippen MR) is 105 cm³/mol. The van der Waals surface area contributed by atoms with E-state index >= 15 is 0 Å². The highest BCUT2D eigenvalue weighted by Crippen LogP contribution is 2.49. The van der Waals surface area contributed by atoms with E-state index in [0.717, 1.165) is 24.1 Å². The number of benzene rings is 1. The van der Waals surface area contributed by atoms with Crippen LogP contribution < -0.4 is 9.47 Å². The van der Waals surface area contributed by atoms with Crippen LogP contribution in [0.25, 0.3) is 0 Å². The van der Waals surface area contributed by atoms with Gasteiger partial charge in [-0.25, -0.2) is 8.78 Å². The van der Waals surface area contributed by atoms with Gasteiger partial charge in [0.15, 0.2) is 11.5 Å². The summed E-state index contributed by atoms with van der Waals surface area (Å²) in [6.07, 6.45) is 0.570. The lowest BCUT2D eigenvalue weighted by Crippen LogP contribution is -2.53. The Morgan fingerprint density at radius 3 is 2.59 bits per heavy atom. The lowest BCUT2D eigenvalue weighted by atomic mass is 9.84. The zero-order valence-electron chi connectivity index (χ0n) is 17.6. The zero-order valence-corrected chi connectivity index (χ0v) is 17.6. The molecule has 1 aliphatic carbocycles. The smallest absolute Gasteiger partial charge is 0.255 e. The van der Waals surface area contributed by atoms with Gasteiger partial charge < -0.3 is 19.3 Å². The molecular weight excluding hydrogens is 380 g/mol. The van der Waals surface area contributed by atoms with Gasteiger partial charge in [0.25, 0.3) is 5.92 Å². The van der Waals surface area contributed by atoms with E-state index < -0.39 is 17.9 Å². The summed E-state index contributed by atoms with van der Waals surface area (Å²) in [6, 6.07) is 3.96. The lowest BCUT2D eigenvalue weighted by molar-refractivity contribution is -0.149. The molecule has 0 spiro atoms. The number of halogens is 2. The number of ether oxygens (including phenoxy) is 3. The minimum Gasteiger partial charge on any atom is -0.493 e. The molecule has 7 heteroatoms. The van der Waals surface area contributed by atoms with Crippen LogP contribution in [0.5, 0.6) is 11.5 Å². The molecule has 3 unspecified atom stereocenters. The van der Waals surface area contributed by atoms with Crippen molar-refractivity contribution in [2.24, 2.45) is 5.92 Å². The molecule has 0 aromatic heterocycles. The third kappa shape index (κ3) is 4.37. The van der Waals surface area contributed by atoms with Crippen molar-refractivity contribution < 1.29 is 28.1 Å². The van der Waals surface area contributed by atoms with Gasteiger partial charge >= 0.3 is 0 Å². The Balaban J connectivity index is 1.51. The number of aliphatic hydroxyl groups is 1. The highest BCUT2D eigenvalue weighted by molar-refractivity contribution is 5.49. The van der Waals surface area contributed by atoms with Crippen molar-refractivity contribution in [2.45, 2.75) is 69.8 Å². The molecule has 4 rings (SSSR count). The van der Waals surface area contributed by atoms with E-state index in [1.807, 2.05) is 32.9 Å². The number of methoxy groups -OCH3 is 1. The van der Waals surface area contributed by atoms with Crippen molar-refractivity contribution in [3.05, 3.63) is 23.3 Å². The number of nitrogens with zero attached hydrogens (tertiary/aromatic N) is 1. The van der Waals surface area contributed by atoms with Crippen LogP contribution in [0.1, 0.15) is 50.8 Å². The molecule has 0 bridgehead atoms. The fourth-order valence-electron chi connectivity index (χ4n) is 4.47. The highest BCUT2D eigenvalue weighted by Gasteiger charge is 2.57. The van der Waals surface area contributed by atoms with E-state index in [9.17, 15) is 13.9 Å². The first-order chi connectivity index (χ1) is 13.6. The van der Waals surface area contributed by atoms with Crippen LogP contribution in [-0.2, 0) is 11.2 Å². The molecule has 1 saturated heterocycles. The largest absolute Gasteiger partial charge is 0.493 e. The average molecular weight is 411 g/mol. The monoisotopic (exact) mass is 411 g/mol. The quantitative estimate of drug-likeness (QED) is 0.803. The lowest BCUT2D eigenvalue weighted by Gasteiger charge is -2.46. The number of alkyl halides is 2. The maximum atomic E-state index is 13.2. The summed E-state index contributed by atoms with van der Waals surface area (Å²) in [6.45, 7) is 7.55. The second kappa shape index (κ2) is 7.36. The van der Waals surface area contributed by atoms with Crippen LogP contribution in [-0.4, -0.2) is 60.5 Å². The highest BCUT2D eigenvalue weighted by atomic mass is 19.3. The standard InChI is InChI=1S/C22H31F2NO4/c1-21(2,3)29-20-11-25-6-5-13-7-19(28-12-14-10-22(14,23)24)18(27-4)8-15(13)16(25)9-17(20)26/h7-8,14,16-17,20,26H,5-6,9-12H2,1-4H3/t14-,16?,17?,20?/m0/s1. The number of aliphatic hydroxyl groups excluding tert-OH is 1. The van der Waals surface area contributed by atoms with Crippen LogP contribution >= 0.6 is 0 Å². The summed E-state index contributed by atoms with van der Waals surface area (Å²) in [4.78, 5) is 2.36. The third-order valence-corrected chi connectivity index (χ3v) is 6.10. The minimum absolute atomic E-state index is 0.00222. The number of fused-ring (bicyclic) bond motifs is 3. The van der Waals surface area contributed by atoms with Crippen LogP contribution in [0, 0.1) is 5.92 Å². The Morgan fingerprint density at radius 1 is 1.24 bits per heavy atom. The maximum Gasteiger partial charge on any atom is 0.255 e. The molecule has 2 aliphatic heterocycles. The molecule has 29 heavy (non-hydrogen) atoms. The number of piperidine rings is 1. The average Bonchev–Trinajstić information content (AvgIpc) is 3.25. The van der Waals surface area contributed by atoms with E-state index in [1.54, 1.807) is 7.11 Å². The van der Waals surface area contributed by atoms with E-state index in [0.29, 0.717) is 24.5 Å². The summed E-state index contributed by atoms with van der Waals surface area (Å²) in [7, 11) is 1.56. The molecule has 1 saturated carbocycles. The Kier molecular flexibility index (Phi) is 5.28. The second-order valence-corrected chi connectivity index (χ2v) is 9.51. The number of rotatable bonds is 5. The van der Waals surface area contributed by atoms with Gasteiger partial charge in [0.1, 0.15) is 0 Å². The normalized spacial score (nSPS) is 31.0. The van der Waals surface area contributed by atoms with Crippen LogP contribution in [0.4, 0.5) is 8.78 Å². The van der Waals surface area contributed by atoms with Gasteiger partial charge in [0.2, 0.25) is 0 Å². The predicted octanol–water partition coefficient (Wildman–Crippen LogP) is 3.58. The van der Waals surface area contributed by atoms with Gasteiger partial charge in [-0.1, -0.05) is 0 Å². The number of hydrogen-bond acceptors (Lipinski definition) is 5. The summed E-state index contributed by atoms with van der Waals surface area (Å²) < 4.78 is 43.6. The summed E-state index contributed by atoms with van der Waals surface area (Å²) in [5, 5.41) is 10.7. The molecule has 5 nitrogen and oxygen atoms in total. The summed E-state index contributed by atoms with van der Waals surface area (Å²) >= 11 is 0. The van der Waals surface area contributed by atoms with Crippen LogP contribution in [0.3, 0.4) is 0 Å². The van der Waals surface area contributed by atoms with Crippen molar-refractivity contribution in [3.8, 4) is 11.5 Å². The van der Waals surface area contributed by atoms with Crippen LogP contribution in [0.2, 0.25) is 0 Å². The van der Waals surface area contributed by atoms with Gasteiger partial charge in [-0.2, -0.15) is 0 Å². The van der Waals surface area contributed by atoms with E-state index in [2.05, 4.69) is 4.90 Å². The van der Waals surface area contributed by atoms with Gasteiger partial charge in [0, 0.05) is 25.6 Å². The molecule has 0 radical (unpaired) electrons. The number of hydrogen-bond donors (Lipinski definition) is 1. The Morgan fingerprint density at radius 2 is 1.97 bits per heavy atom. The van der Waals surface area contributed by atoms with Gasteiger partial charge in [0.05, 0.1) is 37.4 Å². The first-order valence-corrected chi connectivity index (χ1v) is 10.4. The fraction of sp³-hybridized carbons (Fsp3) is 0.727. The maximum absolute atomic E-state index is 13.2. The molecule has 1 N–H and O–H groups in total. The van der Waals surface area contributed by atoms with E-state index in [4.69, 9.17) is 14.2 Å². The molecule has 4 atom stereocenters. The molecule has 162 valence electrons. The molecule has 1 aromatic carbocycles. The van der Waals surface area contributed by atoms with Gasteiger partial charge in [-0.15, -0.1) is 0 Å². The first-order valence-electron chi connectivity index (χ1n) is 10.4. The Bertz CT molecular complexity index is 764. The van der Waals surface area contributed by atoms with E-state index in [-0.39, 0.29) is 30.8 Å². The molecular formula is C22H31F2NO4. The first kappa shape index (κ1) is 20.8. The second-order valence-electron chi connectivity index (χ2n) is 9.51. The van der Waals surface area contributed by atoms with Crippen molar-refractivity contribution >= 4 is 0 Å². The molecule has 2 fully saturated rings. The van der Waals surface area contributed by atoms with Crippen molar-refractivity contribution in [2.75, 3.05) is 26.8 Å².